The van der Waals surface area contributed by atoms with E-state index in [2.05, 4.69) is 10.6 Å². The summed E-state index contributed by atoms with van der Waals surface area (Å²) in [7, 11) is 0. The highest BCUT2D eigenvalue weighted by molar-refractivity contribution is 6.05. The van der Waals surface area contributed by atoms with Crippen molar-refractivity contribution < 1.29 is 9.59 Å². The molecule has 0 aliphatic rings. The first-order chi connectivity index (χ1) is 10.6. The van der Waals surface area contributed by atoms with Crippen molar-refractivity contribution in [2.24, 2.45) is 5.73 Å². The maximum Gasteiger partial charge on any atom is 0.255 e. The minimum atomic E-state index is -0.177. The molecule has 0 saturated heterocycles. The number of carbonyl (C=O) groups is 2. The maximum absolute atomic E-state index is 12.1. The normalized spacial score (nSPS) is 10.1. The molecule has 22 heavy (non-hydrogen) atoms. The number of benzene rings is 2. The van der Waals surface area contributed by atoms with Crippen LogP contribution in [0.15, 0.2) is 48.5 Å². The quantitative estimate of drug-likeness (QED) is 0.788. The minimum absolute atomic E-state index is 0.172. The molecule has 2 aromatic rings. The summed E-state index contributed by atoms with van der Waals surface area (Å²) in [6.45, 7) is 2.68. The largest absolute Gasteiger partial charge is 0.351 e. The molecule has 0 unspecified atom stereocenters. The Bertz CT molecular complexity index is 669. The molecule has 114 valence electrons. The van der Waals surface area contributed by atoms with Crippen molar-refractivity contribution in [3.05, 3.63) is 65.2 Å². The monoisotopic (exact) mass is 297 g/mol. The molecule has 0 heterocycles. The van der Waals surface area contributed by atoms with Gasteiger partial charge in [-0.3, -0.25) is 9.59 Å². The molecule has 0 aromatic heterocycles. The van der Waals surface area contributed by atoms with E-state index < -0.39 is 0 Å². The third-order valence-corrected chi connectivity index (χ3v) is 3.20. The average molecular weight is 297 g/mol. The van der Waals surface area contributed by atoms with Gasteiger partial charge in [-0.2, -0.15) is 0 Å². The summed E-state index contributed by atoms with van der Waals surface area (Å²) in [5, 5.41) is 5.56. The van der Waals surface area contributed by atoms with Crippen LogP contribution in [0.3, 0.4) is 0 Å². The Morgan fingerprint density at radius 1 is 1.00 bits per heavy atom. The van der Waals surface area contributed by atoms with E-state index in [0.29, 0.717) is 29.9 Å². The lowest BCUT2D eigenvalue weighted by molar-refractivity contribution is 0.0954. The second-order valence-corrected chi connectivity index (χ2v) is 4.89. The fourth-order valence-electron chi connectivity index (χ4n) is 2.02. The van der Waals surface area contributed by atoms with Crippen LogP contribution in [-0.4, -0.2) is 24.9 Å². The molecule has 0 aliphatic heterocycles. The zero-order valence-corrected chi connectivity index (χ0v) is 12.4. The number of hydrogen-bond donors (Lipinski definition) is 3. The van der Waals surface area contributed by atoms with Gasteiger partial charge in [0.1, 0.15) is 0 Å². The van der Waals surface area contributed by atoms with Crippen LogP contribution in [0.2, 0.25) is 0 Å². The lowest BCUT2D eigenvalue weighted by Crippen LogP contribution is -2.29. The van der Waals surface area contributed by atoms with Crippen molar-refractivity contribution in [1.29, 1.82) is 0 Å². The maximum atomic E-state index is 12.1. The average Bonchev–Trinajstić information content (AvgIpc) is 2.55. The van der Waals surface area contributed by atoms with Crippen LogP contribution in [0, 0.1) is 6.92 Å². The minimum Gasteiger partial charge on any atom is -0.351 e. The van der Waals surface area contributed by atoms with Crippen molar-refractivity contribution >= 4 is 17.5 Å². The van der Waals surface area contributed by atoms with E-state index in [9.17, 15) is 9.59 Å². The van der Waals surface area contributed by atoms with E-state index in [-0.39, 0.29) is 11.8 Å². The zero-order chi connectivity index (χ0) is 15.9. The number of anilines is 1. The SMILES string of the molecule is Cc1cc(C(=O)NCCN)ccc1NC(=O)c1ccccc1. The first-order valence-electron chi connectivity index (χ1n) is 7.07. The number of aryl methyl sites for hydroxylation is 1. The molecule has 0 fully saturated rings. The molecule has 0 atom stereocenters. The van der Waals surface area contributed by atoms with Crippen molar-refractivity contribution in [3.63, 3.8) is 0 Å². The van der Waals surface area contributed by atoms with Crippen molar-refractivity contribution in [3.8, 4) is 0 Å². The van der Waals surface area contributed by atoms with Crippen LogP contribution in [0.1, 0.15) is 26.3 Å². The van der Waals surface area contributed by atoms with Gasteiger partial charge in [-0.15, -0.1) is 0 Å². The van der Waals surface area contributed by atoms with E-state index in [1.807, 2.05) is 25.1 Å². The second kappa shape index (κ2) is 7.38. The molecule has 5 heteroatoms. The number of nitrogens with one attached hydrogen (secondary N) is 2. The van der Waals surface area contributed by atoms with Gasteiger partial charge in [0.05, 0.1) is 0 Å². The molecule has 0 spiro atoms. The molecular formula is C17H19N3O2. The molecule has 0 saturated carbocycles. The van der Waals surface area contributed by atoms with Gasteiger partial charge < -0.3 is 16.4 Å². The predicted octanol–water partition coefficient (Wildman–Crippen LogP) is 1.94. The molecular weight excluding hydrogens is 278 g/mol. The number of carbonyl (C=O) groups excluding carboxylic acids is 2. The van der Waals surface area contributed by atoms with Crippen LogP contribution in [0.5, 0.6) is 0 Å². The van der Waals surface area contributed by atoms with Gasteiger partial charge in [-0.1, -0.05) is 18.2 Å². The lowest BCUT2D eigenvalue weighted by Gasteiger charge is -2.10. The van der Waals surface area contributed by atoms with Gasteiger partial charge in [0.15, 0.2) is 0 Å². The standard InChI is InChI=1S/C17H19N3O2/c1-12-11-14(16(21)19-10-9-18)7-8-15(12)20-17(22)13-5-3-2-4-6-13/h2-8,11H,9-10,18H2,1H3,(H,19,21)(H,20,22). The smallest absolute Gasteiger partial charge is 0.255 e. The number of nitrogens with two attached hydrogens (primary N) is 1. The highest BCUT2D eigenvalue weighted by atomic mass is 16.2. The van der Waals surface area contributed by atoms with E-state index in [0.717, 1.165) is 5.56 Å². The Kier molecular flexibility index (Phi) is 5.27. The molecule has 2 aromatic carbocycles. The third kappa shape index (κ3) is 3.93. The van der Waals surface area contributed by atoms with Crippen LogP contribution in [0.25, 0.3) is 0 Å². The summed E-state index contributed by atoms with van der Waals surface area (Å²) in [6, 6.07) is 14.1. The number of rotatable bonds is 5. The van der Waals surface area contributed by atoms with Crippen molar-refractivity contribution in [1.82, 2.24) is 5.32 Å². The first kappa shape index (κ1) is 15.7. The Labute approximate surface area is 129 Å². The molecule has 0 bridgehead atoms. The predicted molar refractivity (Wildman–Crippen MR) is 87.0 cm³/mol. The van der Waals surface area contributed by atoms with E-state index >= 15 is 0 Å². The number of hydrogen-bond acceptors (Lipinski definition) is 3. The van der Waals surface area contributed by atoms with E-state index in [1.54, 1.807) is 30.3 Å². The van der Waals surface area contributed by atoms with Crippen LogP contribution in [-0.2, 0) is 0 Å². The molecule has 4 N–H and O–H groups in total. The summed E-state index contributed by atoms with van der Waals surface area (Å²) in [4.78, 5) is 24.0. The van der Waals surface area contributed by atoms with Crippen LogP contribution < -0.4 is 16.4 Å². The molecule has 0 radical (unpaired) electrons. The lowest BCUT2D eigenvalue weighted by atomic mass is 10.1. The van der Waals surface area contributed by atoms with E-state index in [1.165, 1.54) is 0 Å². The highest BCUT2D eigenvalue weighted by Crippen LogP contribution is 2.17. The summed E-state index contributed by atoms with van der Waals surface area (Å²) >= 11 is 0. The van der Waals surface area contributed by atoms with Crippen LogP contribution >= 0.6 is 0 Å². The van der Waals surface area contributed by atoms with Gasteiger partial charge in [-0.25, -0.2) is 0 Å². The fourth-order valence-corrected chi connectivity index (χ4v) is 2.02. The molecule has 2 amide bonds. The summed E-state index contributed by atoms with van der Waals surface area (Å²) in [5.74, 6) is -0.349. The second-order valence-electron chi connectivity index (χ2n) is 4.89. The number of amides is 2. The van der Waals surface area contributed by atoms with Crippen LogP contribution in [0.4, 0.5) is 5.69 Å². The summed E-state index contributed by atoms with van der Waals surface area (Å²) < 4.78 is 0. The van der Waals surface area contributed by atoms with Gasteiger partial charge in [0.25, 0.3) is 11.8 Å². The summed E-state index contributed by atoms with van der Waals surface area (Å²) in [5.41, 5.74) is 8.00. The highest BCUT2D eigenvalue weighted by Gasteiger charge is 2.10. The fraction of sp³-hybridized carbons (Fsp3) is 0.176. The molecule has 2 rings (SSSR count). The Hall–Kier alpha value is -2.66. The van der Waals surface area contributed by atoms with Crippen molar-refractivity contribution in [2.75, 3.05) is 18.4 Å². The molecule has 5 nitrogen and oxygen atoms in total. The summed E-state index contributed by atoms with van der Waals surface area (Å²) in [6.07, 6.45) is 0. The van der Waals surface area contributed by atoms with Gasteiger partial charge in [-0.05, 0) is 42.8 Å². The Morgan fingerprint density at radius 3 is 2.36 bits per heavy atom. The zero-order valence-electron chi connectivity index (χ0n) is 12.4. The Balaban J connectivity index is 2.10. The Morgan fingerprint density at radius 2 is 1.73 bits per heavy atom. The third-order valence-electron chi connectivity index (χ3n) is 3.20. The topological polar surface area (TPSA) is 84.2 Å². The van der Waals surface area contributed by atoms with E-state index in [4.69, 9.17) is 5.73 Å². The molecule has 0 aliphatic carbocycles. The van der Waals surface area contributed by atoms with Gasteiger partial charge >= 0.3 is 0 Å². The first-order valence-corrected chi connectivity index (χ1v) is 7.07. The van der Waals surface area contributed by atoms with Gasteiger partial charge in [0, 0.05) is 29.9 Å². The van der Waals surface area contributed by atoms with Crippen molar-refractivity contribution in [2.45, 2.75) is 6.92 Å². The van der Waals surface area contributed by atoms with Gasteiger partial charge in [0.2, 0.25) is 0 Å².